The Morgan fingerprint density at radius 2 is 1.22 bits per heavy atom. The van der Waals surface area contributed by atoms with Gasteiger partial charge in [0.05, 0.1) is 11.2 Å². The molecule has 0 aliphatic carbocycles. The van der Waals surface area contributed by atoms with Crippen molar-refractivity contribution in [1.82, 2.24) is 9.97 Å². The van der Waals surface area contributed by atoms with Crippen LogP contribution in [0, 0.1) is 58.6 Å². The van der Waals surface area contributed by atoms with Gasteiger partial charge in [0.15, 0.2) is 5.78 Å². The molecule has 1 atom stereocenters. The number of hydrogen-bond donors (Lipinski definition) is 1. The fourth-order valence-electron chi connectivity index (χ4n) is 7.03. The summed E-state index contributed by atoms with van der Waals surface area (Å²) in [4.78, 5) is 20.5. The van der Waals surface area contributed by atoms with Gasteiger partial charge in [-0.05, 0) is 89.6 Å². The van der Waals surface area contributed by atoms with Crippen LogP contribution in [0.5, 0.6) is 0 Å². The minimum absolute atomic E-state index is 0. The molecule has 0 fully saturated rings. The number of ketones is 1. The Morgan fingerprint density at radius 3 is 1.66 bits per heavy atom. The summed E-state index contributed by atoms with van der Waals surface area (Å²) in [5.41, 5.74) is 9.89. The van der Waals surface area contributed by atoms with Gasteiger partial charge in [0.25, 0.3) is 0 Å². The molecule has 0 aliphatic rings. The van der Waals surface area contributed by atoms with Crippen molar-refractivity contribution in [2.45, 2.75) is 114 Å². The van der Waals surface area contributed by atoms with Crippen molar-refractivity contribution >= 4 is 27.3 Å². The molecule has 0 bridgehead atoms. The van der Waals surface area contributed by atoms with Gasteiger partial charge in [-0.2, -0.15) is 0 Å². The fourth-order valence-corrected chi connectivity index (χ4v) is 7.03. The molecule has 1 N–H and O–H groups in total. The molecule has 0 saturated heterocycles. The Labute approximate surface area is 370 Å². The van der Waals surface area contributed by atoms with Crippen LogP contribution in [0.25, 0.3) is 44.1 Å². The quantitative estimate of drug-likeness (QED) is 0.0798. The number of halogens is 2. The maximum atomic E-state index is 12.9. The zero-order valence-corrected chi connectivity index (χ0v) is 38.6. The summed E-state index contributed by atoms with van der Waals surface area (Å²) in [5, 5.41) is 13.2. The number of pyridine rings is 2. The Kier molecular flexibility index (Phi) is 16.0. The van der Waals surface area contributed by atoms with E-state index in [1.54, 1.807) is 6.92 Å². The number of rotatable bonds is 11. The van der Waals surface area contributed by atoms with Crippen LogP contribution < -0.4 is 0 Å². The number of allylic oxidation sites excluding steroid dienone is 2. The van der Waals surface area contributed by atoms with Crippen LogP contribution in [0.1, 0.15) is 112 Å². The number of aromatic nitrogens is 2. The Balaban J connectivity index is 0.000000252. The van der Waals surface area contributed by atoms with E-state index in [-0.39, 0.29) is 62.0 Å². The number of carbonyl (C=O) groups is 1. The molecule has 315 valence electrons. The number of aliphatic hydroxyl groups is 1. The van der Waals surface area contributed by atoms with Crippen molar-refractivity contribution in [3.05, 3.63) is 142 Å². The molecular weight excluding hydrogens is 915 g/mol. The number of carbonyl (C=O) groups excluding carboxylic acids is 1. The van der Waals surface area contributed by atoms with Crippen molar-refractivity contribution < 1.29 is 44.3 Å². The first kappa shape index (κ1) is 42.5. The zero-order chi connectivity index (χ0) is 46.2. The van der Waals surface area contributed by atoms with E-state index in [1.807, 2.05) is 90.9 Å². The monoisotopic (exact) mass is 979 g/mol. The standard InChI is InChI=1S/C20H20N.C18H16N.C14H24F2O2.Ir/c1-13(2)16-5-6-19-17(12-16)7-8-21-20(19)18-10-14(3)9-15(4)11-18;1-12-4-5-17-15(9-12)6-7-19-18(17)16-10-13(2)8-14(3)11-16;1-5-10(6-2)12(17)8-13(18)11(7-3)9-14(4,15)16;/h5-10,12-13H,1-4H3;4-10H,1-3H3;8,10-11,18H,5-7,9H2,1-4H3;/q2*-1;;/b;;13-8-;/i7D,8D;6D,7D;;. The predicted octanol–water partition coefficient (Wildman–Crippen LogP) is 14.6. The molecule has 4 nitrogen and oxygen atoms in total. The van der Waals surface area contributed by atoms with E-state index < -0.39 is 18.3 Å². The third-order valence-electron chi connectivity index (χ3n) is 10.1. The molecule has 59 heavy (non-hydrogen) atoms. The van der Waals surface area contributed by atoms with E-state index in [9.17, 15) is 18.7 Å². The largest absolute Gasteiger partial charge is 0.512 e. The predicted molar refractivity (Wildman–Crippen MR) is 239 cm³/mol. The Bertz CT molecular complexity index is 2550. The SMILES string of the molecule is CCC(CC)C(=O)/C=C(\O)C(CC)CC(C)(F)F.[2H]c1nc(-c2[c-]c(C)cc(C)c2)c2ccc(C(C)C)cc2c1[2H].[2H]c1nc(-c2[c-]c(C)cc(C)c2)c2ccc(C)cc2c1[2H].[Ir]. The number of nitrogens with zero attached hydrogens (tertiary/aromatic N) is 2. The van der Waals surface area contributed by atoms with Crippen molar-refractivity contribution in [3.63, 3.8) is 0 Å². The number of fused-ring (bicyclic) bond motifs is 2. The Hall–Kier alpha value is -4.58. The second-order valence-electron chi connectivity index (χ2n) is 15.8. The smallest absolute Gasteiger partial charge is 0.246 e. The average Bonchev–Trinajstić information content (AvgIpc) is 3.19. The van der Waals surface area contributed by atoms with Gasteiger partial charge < -0.3 is 15.1 Å². The van der Waals surface area contributed by atoms with Gasteiger partial charge in [0, 0.05) is 56.8 Å². The van der Waals surface area contributed by atoms with Crippen LogP contribution >= 0.6 is 0 Å². The van der Waals surface area contributed by atoms with Gasteiger partial charge in [0.1, 0.15) is 0 Å². The van der Waals surface area contributed by atoms with E-state index in [1.165, 1.54) is 5.56 Å². The van der Waals surface area contributed by atoms with Gasteiger partial charge in [-0.1, -0.05) is 104 Å². The van der Waals surface area contributed by atoms with Crippen LogP contribution in [0.15, 0.2) is 96.9 Å². The summed E-state index contributed by atoms with van der Waals surface area (Å²) in [6, 6.07) is 27.3. The van der Waals surface area contributed by atoms with Crippen molar-refractivity contribution in [2.75, 3.05) is 0 Å². The molecule has 0 amide bonds. The first-order valence-electron chi connectivity index (χ1n) is 22.2. The topological polar surface area (TPSA) is 63.1 Å². The number of aryl methyl sites for hydroxylation is 5. The van der Waals surface area contributed by atoms with Crippen LogP contribution in [0.3, 0.4) is 0 Å². The number of alkyl halides is 2. The number of hydrogen-bond acceptors (Lipinski definition) is 4. The summed E-state index contributed by atoms with van der Waals surface area (Å²) in [6.07, 6.45) is 2.51. The fraction of sp³-hybridized carbons (Fsp3) is 0.365. The van der Waals surface area contributed by atoms with Gasteiger partial charge in [0.2, 0.25) is 5.92 Å². The van der Waals surface area contributed by atoms with Crippen LogP contribution in [0.4, 0.5) is 8.78 Å². The van der Waals surface area contributed by atoms with Crippen molar-refractivity contribution in [1.29, 1.82) is 0 Å². The minimum Gasteiger partial charge on any atom is -0.512 e. The first-order chi connectivity index (χ1) is 29.1. The third kappa shape index (κ3) is 14.0. The molecule has 6 rings (SSSR count). The summed E-state index contributed by atoms with van der Waals surface area (Å²) in [6.45, 7) is 20.7. The average molecular weight is 979 g/mol. The molecule has 6 aromatic rings. The Morgan fingerprint density at radius 1 is 0.746 bits per heavy atom. The molecular formula is C52H60F2IrN2O2-2. The van der Waals surface area contributed by atoms with Gasteiger partial charge in [-0.3, -0.25) is 4.79 Å². The molecule has 0 spiro atoms. The van der Waals surface area contributed by atoms with Gasteiger partial charge in [-0.25, -0.2) is 8.78 Å². The number of benzene rings is 4. The maximum absolute atomic E-state index is 12.9. The van der Waals surface area contributed by atoms with Crippen molar-refractivity contribution in [3.8, 4) is 22.5 Å². The molecule has 7 heteroatoms. The second-order valence-corrected chi connectivity index (χ2v) is 15.8. The molecule has 2 heterocycles. The minimum atomic E-state index is -2.83. The van der Waals surface area contributed by atoms with Gasteiger partial charge >= 0.3 is 0 Å². The molecule has 1 unspecified atom stereocenters. The number of aliphatic hydroxyl groups excluding tert-OH is 1. The van der Waals surface area contributed by atoms with E-state index in [4.69, 9.17) is 5.48 Å². The molecule has 1 radical (unpaired) electrons. The van der Waals surface area contributed by atoms with Crippen molar-refractivity contribution in [2.24, 2.45) is 11.8 Å². The molecule has 2 aromatic heterocycles. The summed E-state index contributed by atoms with van der Waals surface area (Å²) in [7, 11) is 0. The molecule has 0 saturated carbocycles. The van der Waals surface area contributed by atoms with Crippen LogP contribution in [-0.4, -0.2) is 26.8 Å². The van der Waals surface area contributed by atoms with E-state index in [2.05, 4.69) is 54.1 Å². The summed E-state index contributed by atoms with van der Waals surface area (Å²) < 4.78 is 58.1. The molecule has 0 aliphatic heterocycles. The third-order valence-corrected chi connectivity index (χ3v) is 10.1. The van der Waals surface area contributed by atoms with Crippen LogP contribution in [0.2, 0.25) is 0 Å². The van der Waals surface area contributed by atoms with Gasteiger partial charge in [-0.15, -0.1) is 69.8 Å². The normalized spacial score (nSPS) is 13.0. The van der Waals surface area contributed by atoms with E-state index in [0.29, 0.717) is 25.2 Å². The zero-order valence-electron chi connectivity index (χ0n) is 40.3. The maximum Gasteiger partial charge on any atom is 0.246 e. The molecule has 4 aromatic carbocycles. The first-order valence-corrected chi connectivity index (χ1v) is 20.2. The van der Waals surface area contributed by atoms with E-state index >= 15 is 0 Å². The second kappa shape index (κ2) is 22.1. The summed E-state index contributed by atoms with van der Waals surface area (Å²) in [5.74, 6) is -3.61. The van der Waals surface area contributed by atoms with E-state index in [0.717, 1.165) is 84.9 Å². The van der Waals surface area contributed by atoms with Crippen LogP contribution in [-0.2, 0) is 24.9 Å². The summed E-state index contributed by atoms with van der Waals surface area (Å²) >= 11 is 0.